The molecule has 0 bridgehead atoms. The number of benzene rings is 4. The third-order valence-electron chi connectivity index (χ3n) is 5.81. The average Bonchev–Trinajstić information content (AvgIpc) is 2.96. The van der Waals surface area contributed by atoms with Crippen molar-refractivity contribution < 1.29 is 31.5 Å². The molecule has 0 radical (unpaired) electrons. The van der Waals surface area contributed by atoms with Crippen molar-refractivity contribution in [3.63, 3.8) is 0 Å². The molecule has 37 heavy (non-hydrogen) atoms. The van der Waals surface area contributed by atoms with Crippen molar-refractivity contribution in [2.75, 3.05) is 14.2 Å². The number of hydrogen-bond acceptors (Lipinski definition) is 7. The molecule has 0 saturated heterocycles. The summed E-state index contributed by atoms with van der Waals surface area (Å²) in [5, 5.41) is 2.11. The van der Waals surface area contributed by atoms with Gasteiger partial charge in [0.25, 0.3) is 0 Å². The van der Waals surface area contributed by atoms with Gasteiger partial charge < -0.3 is 0 Å². The molecule has 0 amide bonds. The zero-order valence-corrected chi connectivity index (χ0v) is 22.0. The molecule has 0 unspecified atom stereocenters. The molecule has 4 aromatic carbocycles. The zero-order chi connectivity index (χ0) is 26.5. The van der Waals surface area contributed by atoms with E-state index in [1.54, 1.807) is 0 Å². The van der Waals surface area contributed by atoms with E-state index in [-0.39, 0.29) is 16.0 Å². The minimum absolute atomic E-state index is 0.126. The summed E-state index contributed by atoms with van der Waals surface area (Å²) in [5.74, 6) is -1.61. The van der Waals surface area contributed by atoms with Crippen molar-refractivity contribution in [3.8, 4) is 0 Å². The number of rotatable bonds is 8. The predicted octanol–water partition coefficient (Wildman–Crippen LogP) is 3.61. The summed E-state index contributed by atoms with van der Waals surface area (Å²) >= 11 is 0. The Morgan fingerprint density at radius 1 is 0.595 bits per heavy atom. The monoisotopic (exact) mass is 536 g/mol. The van der Waals surface area contributed by atoms with Gasteiger partial charge in [-0.15, -0.1) is 0 Å². The van der Waals surface area contributed by atoms with Gasteiger partial charge in [-0.25, -0.2) is 0 Å². The Morgan fingerprint density at radius 3 is 1.27 bits per heavy atom. The van der Waals surface area contributed by atoms with E-state index in [1.165, 1.54) is 6.07 Å². The fraction of sp³-hybridized carbons (Fsp3) is 0.0714. The zero-order valence-electron chi connectivity index (χ0n) is 20.2. The van der Waals surface area contributed by atoms with Crippen molar-refractivity contribution in [3.05, 3.63) is 120 Å². The van der Waals surface area contributed by atoms with Gasteiger partial charge in [0.15, 0.2) is 0 Å². The van der Waals surface area contributed by atoms with Gasteiger partial charge in [-0.1, -0.05) is 0 Å². The van der Waals surface area contributed by atoms with Crippen LogP contribution in [-0.4, -0.2) is 34.6 Å². The van der Waals surface area contributed by atoms with Crippen LogP contribution in [0.3, 0.4) is 0 Å². The molecule has 190 valence electrons. The van der Waals surface area contributed by atoms with Crippen molar-refractivity contribution in [2.45, 2.75) is 4.90 Å². The Balaban J connectivity index is 1.99. The van der Waals surface area contributed by atoms with Crippen LogP contribution in [0.15, 0.2) is 114 Å². The Kier molecular flexibility index (Phi) is 7.83. The normalized spacial score (nSPS) is 11.9. The second kappa shape index (κ2) is 11.0. The fourth-order valence-corrected chi connectivity index (χ4v) is 10.5. The molecule has 0 saturated carbocycles. The molecule has 4 aromatic rings. The summed E-state index contributed by atoms with van der Waals surface area (Å²) in [7, 11) is -5.89. The van der Waals surface area contributed by atoms with E-state index in [1.807, 2.05) is 91.0 Å². The van der Waals surface area contributed by atoms with Gasteiger partial charge in [0.1, 0.15) is 0 Å². The first-order chi connectivity index (χ1) is 17.8. The number of carbonyl (C=O) groups is 2. The maximum absolute atomic E-state index is 14.0. The summed E-state index contributed by atoms with van der Waals surface area (Å²) in [5.41, 5.74) is -0.252. The molecule has 0 aliphatic heterocycles. The first-order valence-electron chi connectivity index (χ1n) is 11.3. The second-order valence-electron chi connectivity index (χ2n) is 8.05. The third-order valence-corrected chi connectivity index (χ3v) is 11.9. The first kappa shape index (κ1) is 26.2. The first-order valence-corrected chi connectivity index (χ1v) is 14.6. The number of ether oxygens (including phenoxy) is 2. The predicted molar refractivity (Wildman–Crippen MR) is 144 cm³/mol. The van der Waals surface area contributed by atoms with E-state index in [9.17, 15) is 18.0 Å². The van der Waals surface area contributed by atoms with Crippen LogP contribution < -0.4 is 15.9 Å². The van der Waals surface area contributed by atoms with Crippen LogP contribution in [0.1, 0.15) is 20.7 Å². The number of esters is 2. The van der Waals surface area contributed by atoms with Crippen LogP contribution in [0.5, 0.6) is 0 Å². The molecule has 0 fully saturated rings. The summed E-state index contributed by atoms with van der Waals surface area (Å²) < 4.78 is 43.8. The van der Waals surface area contributed by atoms with Crippen LogP contribution in [0, 0.1) is 0 Å². The molecule has 0 spiro atoms. The van der Waals surface area contributed by atoms with E-state index >= 15 is 0 Å². The van der Waals surface area contributed by atoms with Crippen LogP contribution >= 0.6 is 7.49 Å². The summed E-state index contributed by atoms with van der Waals surface area (Å²) in [6, 6.07) is 31.0. The molecule has 0 aromatic heterocycles. The molecule has 0 aliphatic carbocycles. The maximum atomic E-state index is 14.0. The Bertz CT molecular complexity index is 1380. The molecule has 4 rings (SSSR count). The quantitative estimate of drug-likeness (QED) is 0.251. The summed E-state index contributed by atoms with van der Waals surface area (Å²) in [4.78, 5) is 24.2. The Labute approximate surface area is 216 Å². The van der Waals surface area contributed by atoms with Gasteiger partial charge in [-0.2, -0.15) is 0 Å². The third kappa shape index (κ3) is 5.32. The van der Waals surface area contributed by atoms with Gasteiger partial charge in [0.2, 0.25) is 0 Å². The number of hydrogen-bond donors (Lipinski definition) is 0. The SMILES string of the molecule is COC(=O)c1cc(C(=O)OC)cc(S(=O)(=O)O[PH](c2ccccc2)(c2ccccc2)c2ccccc2)c1. The molecule has 0 aliphatic rings. The molecular formula is C28H25O7PS. The van der Waals surface area contributed by atoms with Gasteiger partial charge >= 0.3 is 216 Å². The molecular weight excluding hydrogens is 511 g/mol. The molecule has 7 nitrogen and oxygen atoms in total. The standard InChI is InChI=1S/C28H25O7PS/c1-33-27(29)21-18-22(28(30)34-2)20-26(19-21)37(31,32)35-36(23-12-6-3-7-13-23,24-14-8-4-9-15-24)25-16-10-5-11-17-25/h3-20,36H,1-2H3. The van der Waals surface area contributed by atoms with Crippen molar-refractivity contribution in [1.29, 1.82) is 0 Å². The van der Waals surface area contributed by atoms with Gasteiger partial charge in [-0.3, -0.25) is 0 Å². The van der Waals surface area contributed by atoms with Crippen molar-refractivity contribution >= 4 is 45.5 Å². The second-order valence-corrected chi connectivity index (χ2v) is 13.2. The summed E-state index contributed by atoms with van der Waals surface area (Å²) in [6.45, 7) is 0. The van der Waals surface area contributed by atoms with Gasteiger partial charge in [0, 0.05) is 0 Å². The van der Waals surface area contributed by atoms with E-state index in [2.05, 4.69) is 0 Å². The Morgan fingerprint density at radius 2 is 0.946 bits per heavy atom. The van der Waals surface area contributed by atoms with Crippen LogP contribution in [-0.2, 0) is 23.6 Å². The van der Waals surface area contributed by atoms with Crippen molar-refractivity contribution in [2.24, 2.45) is 0 Å². The van der Waals surface area contributed by atoms with Crippen LogP contribution in [0.4, 0.5) is 0 Å². The number of carbonyl (C=O) groups excluding carboxylic acids is 2. The fourth-order valence-electron chi connectivity index (χ4n) is 4.09. The van der Waals surface area contributed by atoms with Gasteiger partial charge in [0.05, 0.1) is 0 Å². The number of methoxy groups -OCH3 is 2. The van der Waals surface area contributed by atoms with E-state index < -0.39 is 29.5 Å². The topological polar surface area (TPSA) is 96.0 Å². The summed E-state index contributed by atoms with van der Waals surface area (Å²) in [6.07, 6.45) is 0. The molecule has 0 atom stereocenters. The Hall–Kier alpha value is -3.84. The van der Waals surface area contributed by atoms with E-state index in [0.717, 1.165) is 26.4 Å². The van der Waals surface area contributed by atoms with Gasteiger partial charge in [-0.05, 0) is 0 Å². The van der Waals surface area contributed by atoms with E-state index in [4.69, 9.17) is 13.4 Å². The van der Waals surface area contributed by atoms with Crippen LogP contribution in [0.2, 0.25) is 0 Å². The molecule has 0 N–H and O–H groups in total. The molecule has 9 heteroatoms. The average molecular weight is 537 g/mol. The minimum atomic E-state index is -4.54. The van der Waals surface area contributed by atoms with E-state index in [0.29, 0.717) is 15.9 Å². The molecule has 0 heterocycles. The van der Waals surface area contributed by atoms with Crippen LogP contribution in [0.25, 0.3) is 0 Å². The van der Waals surface area contributed by atoms with Crippen molar-refractivity contribution in [1.82, 2.24) is 0 Å².